The number of anilines is 1. The topological polar surface area (TPSA) is 75.6 Å². The molecule has 0 heterocycles. The van der Waals surface area contributed by atoms with E-state index in [1.54, 1.807) is 18.2 Å². The molecule has 0 aliphatic heterocycles. The SMILES string of the molecule is COc1ccccc1NCCS(=O)(=O)O. The molecule has 0 atom stereocenters. The zero-order chi connectivity index (χ0) is 11.3. The molecule has 0 unspecified atom stereocenters. The van der Waals surface area contributed by atoms with Gasteiger partial charge in [-0.15, -0.1) is 0 Å². The van der Waals surface area contributed by atoms with Crippen LogP contribution in [0.2, 0.25) is 0 Å². The number of benzene rings is 1. The Morgan fingerprint density at radius 1 is 1.40 bits per heavy atom. The molecule has 0 aliphatic rings. The van der Waals surface area contributed by atoms with Crippen molar-refractivity contribution in [2.24, 2.45) is 0 Å². The van der Waals surface area contributed by atoms with Crippen LogP contribution in [0.25, 0.3) is 0 Å². The van der Waals surface area contributed by atoms with Gasteiger partial charge >= 0.3 is 0 Å². The number of nitrogens with one attached hydrogen (secondary N) is 1. The van der Waals surface area contributed by atoms with Gasteiger partial charge in [0.25, 0.3) is 10.1 Å². The minimum Gasteiger partial charge on any atom is -0.495 e. The van der Waals surface area contributed by atoms with E-state index < -0.39 is 10.1 Å². The molecule has 0 saturated heterocycles. The average molecular weight is 231 g/mol. The van der Waals surface area contributed by atoms with Gasteiger partial charge in [-0.1, -0.05) is 12.1 Å². The molecular formula is C9H13NO4S. The molecule has 0 radical (unpaired) electrons. The van der Waals surface area contributed by atoms with Crippen LogP contribution in [0, 0.1) is 0 Å². The molecule has 0 bridgehead atoms. The highest BCUT2D eigenvalue weighted by atomic mass is 32.2. The van der Waals surface area contributed by atoms with Crippen molar-refractivity contribution < 1.29 is 17.7 Å². The molecule has 1 aromatic carbocycles. The van der Waals surface area contributed by atoms with E-state index >= 15 is 0 Å². The number of methoxy groups -OCH3 is 1. The van der Waals surface area contributed by atoms with E-state index in [-0.39, 0.29) is 12.3 Å². The van der Waals surface area contributed by atoms with Gasteiger partial charge in [0.15, 0.2) is 0 Å². The Bertz CT molecular complexity index is 416. The number of hydrogen-bond donors (Lipinski definition) is 2. The summed E-state index contributed by atoms with van der Waals surface area (Å²) in [4.78, 5) is 0. The van der Waals surface area contributed by atoms with Gasteiger partial charge in [-0.3, -0.25) is 4.55 Å². The number of hydrogen-bond acceptors (Lipinski definition) is 4. The van der Waals surface area contributed by atoms with Crippen molar-refractivity contribution in [2.75, 3.05) is 24.7 Å². The predicted molar refractivity (Wildman–Crippen MR) is 57.9 cm³/mol. The summed E-state index contributed by atoms with van der Waals surface area (Å²) in [5, 5.41) is 2.86. The van der Waals surface area contributed by atoms with Gasteiger partial charge in [0, 0.05) is 6.54 Å². The van der Waals surface area contributed by atoms with E-state index in [0.717, 1.165) is 0 Å². The fraction of sp³-hybridized carbons (Fsp3) is 0.333. The van der Waals surface area contributed by atoms with E-state index in [4.69, 9.17) is 9.29 Å². The van der Waals surface area contributed by atoms with E-state index in [1.165, 1.54) is 7.11 Å². The summed E-state index contributed by atoms with van der Waals surface area (Å²) in [6, 6.07) is 7.14. The van der Waals surface area contributed by atoms with Crippen LogP contribution < -0.4 is 10.1 Å². The standard InChI is InChI=1S/C9H13NO4S/c1-14-9-5-3-2-4-8(9)10-6-7-15(11,12)13/h2-5,10H,6-7H2,1H3,(H,11,12,13). The second kappa shape index (κ2) is 4.99. The van der Waals surface area contributed by atoms with Crippen molar-refractivity contribution in [2.45, 2.75) is 0 Å². The third-order valence-corrected chi connectivity index (χ3v) is 2.50. The first kappa shape index (κ1) is 11.8. The summed E-state index contributed by atoms with van der Waals surface area (Å²) in [6.45, 7) is 0.138. The lowest BCUT2D eigenvalue weighted by molar-refractivity contribution is 0.416. The number of rotatable bonds is 5. The molecule has 2 N–H and O–H groups in total. The van der Waals surface area contributed by atoms with Crippen LogP contribution in [0.4, 0.5) is 5.69 Å². The smallest absolute Gasteiger partial charge is 0.266 e. The molecule has 0 aliphatic carbocycles. The zero-order valence-electron chi connectivity index (χ0n) is 8.30. The van der Waals surface area contributed by atoms with Crippen molar-refractivity contribution in [1.29, 1.82) is 0 Å². The summed E-state index contributed by atoms with van der Waals surface area (Å²) in [5.74, 6) is 0.304. The normalized spacial score (nSPS) is 11.1. The third kappa shape index (κ3) is 4.18. The molecule has 0 amide bonds. The quantitative estimate of drug-likeness (QED) is 0.739. The Morgan fingerprint density at radius 3 is 2.67 bits per heavy atom. The Balaban J connectivity index is 2.58. The van der Waals surface area contributed by atoms with E-state index in [0.29, 0.717) is 11.4 Å². The second-order valence-electron chi connectivity index (χ2n) is 2.91. The molecule has 0 aromatic heterocycles. The zero-order valence-corrected chi connectivity index (χ0v) is 9.12. The molecular weight excluding hydrogens is 218 g/mol. The fourth-order valence-corrected chi connectivity index (χ4v) is 1.47. The first-order valence-corrected chi connectivity index (χ1v) is 5.96. The molecule has 0 spiro atoms. The summed E-state index contributed by atoms with van der Waals surface area (Å²) in [7, 11) is -2.39. The van der Waals surface area contributed by atoms with Crippen LogP contribution in [0.15, 0.2) is 24.3 Å². The molecule has 15 heavy (non-hydrogen) atoms. The highest BCUT2D eigenvalue weighted by molar-refractivity contribution is 7.85. The Labute approximate surface area is 88.8 Å². The molecule has 84 valence electrons. The monoisotopic (exact) mass is 231 g/mol. The Morgan fingerprint density at radius 2 is 2.07 bits per heavy atom. The van der Waals surface area contributed by atoms with Gasteiger partial charge in [0.2, 0.25) is 0 Å². The summed E-state index contributed by atoms with van der Waals surface area (Å²) in [5.41, 5.74) is 0.698. The lowest BCUT2D eigenvalue weighted by atomic mass is 10.3. The molecule has 0 saturated carbocycles. The Hall–Kier alpha value is -1.27. The third-order valence-electron chi connectivity index (χ3n) is 1.78. The minimum atomic E-state index is -3.92. The van der Waals surface area contributed by atoms with Crippen molar-refractivity contribution in [3.05, 3.63) is 24.3 Å². The van der Waals surface area contributed by atoms with Crippen LogP contribution in [-0.4, -0.2) is 32.4 Å². The molecule has 1 aromatic rings. The molecule has 0 fully saturated rings. The van der Waals surface area contributed by atoms with Gasteiger partial charge < -0.3 is 10.1 Å². The summed E-state index contributed by atoms with van der Waals surface area (Å²) >= 11 is 0. The van der Waals surface area contributed by atoms with Crippen LogP contribution in [0.1, 0.15) is 0 Å². The fourth-order valence-electron chi connectivity index (χ4n) is 1.11. The number of ether oxygens (including phenoxy) is 1. The number of para-hydroxylation sites is 2. The summed E-state index contributed by atoms with van der Waals surface area (Å²) < 4.78 is 34.5. The van der Waals surface area contributed by atoms with Gasteiger partial charge in [-0.2, -0.15) is 8.42 Å². The lowest BCUT2D eigenvalue weighted by Crippen LogP contribution is -2.14. The maximum atomic E-state index is 10.5. The van der Waals surface area contributed by atoms with Crippen LogP contribution >= 0.6 is 0 Å². The van der Waals surface area contributed by atoms with Gasteiger partial charge in [-0.05, 0) is 12.1 Å². The van der Waals surface area contributed by atoms with Crippen LogP contribution in [0.5, 0.6) is 5.75 Å². The second-order valence-corrected chi connectivity index (χ2v) is 4.49. The molecule has 6 heteroatoms. The Kier molecular flexibility index (Phi) is 3.93. The highest BCUT2D eigenvalue weighted by Gasteiger charge is 2.05. The maximum absolute atomic E-state index is 10.5. The highest BCUT2D eigenvalue weighted by Crippen LogP contribution is 2.22. The van der Waals surface area contributed by atoms with Crippen molar-refractivity contribution >= 4 is 15.8 Å². The first-order valence-electron chi connectivity index (χ1n) is 4.35. The first-order chi connectivity index (χ1) is 7.03. The van der Waals surface area contributed by atoms with Crippen LogP contribution in [-0.2, 0) is 10.1 Å². The largest absolute Gasteiger partial charge is 0.495 e. The van der Waals surface area contributed by atoms with Crippen molar-refractivity contribution in [3.63, 3.8) is 0 Å². The summed E-state index contributed by atoms with van der Waals surface area (Å²) in [6.07, 6.45) is 0. The van der Waals surface area contributed by atoms with Crippen molar-refractivity contribution in [1.82, 2.24) is 0 Å². The van der Waals surface area contributed by atoms with E-state index in [2.05, 4.69) is 5.32 Å². The van der Waals surface area contributed by atoms with Gasteiger partial charge in [0.05, 0.1) is 18.6 Å². The minimum absolute atomic E-state index is 0.138. The van der Waals surface area contributed by atoms with Gasteiger partial charge in [-0.25, -0.2) is 0 Å². The molecule has 1 rings (SSSR count). The lowest BCUT2D eigenvalue weighted by Gasteiger charge is -2.09. The predicted octanol–water partition coefficient (Wildman–Crippen LogP) is 0.995. The molecule has 5 nitrogen and oxygen atoms in total. The van der Waals surface area contributed by atoms with E-state index in [9.17, 15) is 8.42 Å². The van der Waals surface area contributed by atoms with Crippen LogP contribution in [0.3, 0.4) is 0 Å². The van der Waals surface area contributed by atoms with Crippen molar-refractivity contribution in [3.8, 4) is 5.75 Å². The average Bonchev–Trinajstić information content (AvgIpc) is 2.16. The maximum Gasteiger partial charge on any atom is 0.266 e. The van der Waals surface area contributed by atoms with E-state index in [1.807, 2.05) is 6.07 Å². The van der Waals surface area contributed by atoms with Gasteiger partial charge in [0.1, 0.15) is 5.75 Å².